The Balaban J connectivity index is 1.93. The van der Waals surface area contributed by atoms with Gasteiger partial charge in [-0.15, -0.1) is 11.8 Å². The number of rotatable bonds is 7. The number of aliphatic hydroxyl groups excluding tert-OH is 1. The highest BCUT2D eigenvalue weighted by Crippen LogP contribution is 2.45. The van der Waals surface area contributed by atoms with Gasteiger partial charge in [-0.2, -0.15) is 9.36 Å². The normalized spacial score (nSPS) is 26.8. The molecule has 2 aliphatic rings. The van der Waals surface area contributed by atoms with Gasteiger partial charge >= 0.3 is 12.3 Å². The van der Waals surface area contributed by atoms with Gasteiger partial charge in [0.2, 0.25) is 12.7 Å². The van der Waals surface area contributed by atoms with Gasteiger partial charge < -0.3 is 25.0 Å². The van der Waals surface area contributed by atoms with Gasteiger partial charge in [-0.3, -0.25) is 9.59 Å². The molecule has 2 N–H and O–H groups in total. The van der Waals surface area contributed by atoms with E-state index in [-0.39, 0.29) is 10.9 Å². The van der Waals surface area contributed by atoms with E-state index in [1.807, 2.05) is 9.36 Å². The first-order valence-electron chi connectivity index (χ1n) is 8.42. The molecule has 1 aromatic rings. The maximum atomic E-state index is 11.8. The van der Waals surface area contributed by atoms with Crippen LogP contribution in [0.5, 0.6) is 0 Å². The molecule has 27 heavy (non-hydrogen) atoms. The number of fused-ring (bicyclic) bond motifs is 1. The third-order valence-corrected chi connectivity index (χ3v) is 6.47. The van der Waals surface area contributed by atoms with Crippen LogP contribution in [0.4, 0.5) is 0 Å². The lowest BCUT2D eigenvalue weighted by atomic mass is 9.87. The third kappa shape index (κ3) is 3.32. The monoisotopic (exact) mass is 396 g/mol. The second-order valence-corrected chi connectivity index (χ2v) is 8.10. The lowest BCUT2D eigenvalue weighted by molar-refractivity contribution is -0.758. The minimum atomic E-state index is -1.54. The van der Waals surface area contributed by atoms with Crippen molar-refractivity contribution in [1.29, 1.82) is 0 Å². The number of hydrogen-bond donors (Lipinski definition) is 2. The van der Waals surface area contributed by atoms with Gasteiger partial charge in [0.15, 0.2) is 0 Å². The number of aromatic nitrogens is 3. The molecular weight excluding hydrogens is 376 g/mol. The summed E-state index contributed by atoms with van der Waals surface area (Å²) in [5.41, 5.74) is -0.320. The molecule has 0 radical (unpaired) electrons. The standard InChI is InChI=1S/C16H20N4O6S/c1-8-12(11(9(2)22)15(23)24)20(7-21)13(16(25)26)14(8)27-10-3-18-5-17-6-19(18)4-10/h5-12,22H,3-4H2,1-2H3,(H-,23,24,25,26)/t8-,9-,11-,12-/m1/s1. The van der Waals surface area contributed by atoms with Gasteiger partial charge in [0.1, 0.15) is 12.5 Å². The topological polar surface area (TPSA) is 140 Å². The summed E-state index contributed by atoms with van der Waals surface area (Å²) < 4.78 is 3.78. The van der Waals surface area contributed by atoms with Gasteiger partial charge in [-0.25, -0.2) is 0 Å². The van der Waals surface area contributed by atoms with Crippen molar-refractivity contribution in [3.63, 3.8) is 0 Å². The highest BCUT2D eigenvalue weighted by atomic mass is 32.2. The predicted molar refractivity (Wildman–Crippen MR) is 89.5 cm³/mol. The molecule has 0 saturated heterocycles. The first kappa shape index (κ1) is 19.4. The number of amides is 1. The Morgan fingerprint density at radius 3 is 2.74 bits per heavy atom. The number of carbonyl (C=O) groups excluding carboxylic acids is 2. The molecule has 2 aliphatic heterocycles. The number of hydrogen-bond acceptors (Lipinski definition) is 7. The van der Waals surface area contributed by atoms with Crippen LogP contribution < -0.4 is 9.79 Å². The van der Waals surface area contributed by atoms with E-state index in [1.165, 1.54) is 18.7 Å². The Bertz CT molecular complexity index is 786. The molecular formula is C16H20N4O6S. The van der Waals surface area contributed by atoms with E-state index < -0.39 is 35.9 Å². The molecule has 0 spiro atoms. The zero-order valence-corrected chi connectivity index (χ0v) is 15.6. The SMILES string of the molecule is C[C@@H](O)[C@@H](C(=O)O)[C@H]1[C@@H](C)C(SC2Cn3cnc[n+]3C2)=C(C(=O)[O-])N1C=O. The third-order valence-electron chi connectivity index (χ3n) is 5.02. The largest absolute Gasteiger partial charge is 0.543 e. The molecule has 0 aliphatic carbocycles. The summed E-state index contributed by atoms with van der Waals surface area (Å²) in [5, 5.41) is 31.2. The average Bonchev–Trinajstić information content (AvgIpc) is 3.22. The molecule has 3 heterocycles. The molecule has 4 atom stereocenters. The molecule has 0 unspecified atom stereocenters. The zero-order valence-electron chi connectivity index (χ0n) is 14.8. The summed E-state index contributed by atoms with van der Waals surface area (Å²) in [4.78, 5) is 40.4. The van der Waals surface area contributed by atoms with Gasteiger partial charge in [-0.05, 0) is 11.9 Å². The minimum absolute atomic E-state index is 0.00174. The lowest BCUT2D eigenvalue weighted by Crippen LogP contribution is -2.48. The number of carboxylic acids is 2. The van der Waals surface area contributed by atoms with Crippen LogP contribution in [0.1, 0.15) is 13.8 Å². The Morgan fingerprint density at radius 2 is 2.22 bits per heavy atom. The fourth-order valence-corrected chi connectivity index (χ4v) is 5.32. The van der Waals surface area contributed by atoms with Gasteiger partial charge in [0, 0.05) is 10.8 Å². The van der Waals surface area contributed by atoms with Crippen molar-refractivity contribution >= 4 is 30.1 Å². The summed E-state index contributed by atoms with van der Waals surface area (Å²) in [7, 11) is 0. The molecule has 0 aromatic carbocycles. The maximum Gasteiger partial charge on any atom is 0.311 e. The van der Waals surface area contributed by atoms with Crippen molar-refractivity contribution in [2.45, 2.75) is 44.3 Å². The van der Waals surface area contributed by atoms with E-state index in [1.54, 1.807) is 19.6 Å². The van der Waals surface area contributed by atoms with Gasteiger partial charge in [-0.1, -0.05) is 6.92 Å². The lowest BCUT2D eigenvalue weighted by Gasteiger charge is -2.32. The van der Waals surface area contributed by atoms with Gasteiger partial charge in [0.25, 0.3) is 0 Å². The Morgan fingerprint density at radius 1 is 1.52 bits per heavy atom. The van der Waals surface area contributed by atoms with Crippen LogP contribution in [0.25, 0.3) is 0 Å². The van der Waals surface area contributed by atoms with Crippen molar-refractivity contribution in [3.8, 4) is 0 Å². The van der Waals surface area contributed by atoms with E-state index in [9.17, 15) is 29.7 Å². The first-order chi connectivity index (χ1) is 12.8. The number of carbonyl (C=O) groups is 3. The molecule has 0 bridgehead atoms. The fourth-order valence-electron chi connectivity index (χ4n) is 3.85. The Hall–Kier alpha value is -2.40. The number of thioether (sulfide) groups is 1. The summed E-state index contributed by atoms with van der Waals surface area (Å²) >= 11 is 1.30. The highest BCUT2D eigenvalue weighted by Gasteiger charge is 2.48. The Labute approximate surface area is 159 Å². The van der Waals surface area contributed by atoms with Crippen molar-refractivity contribution in [3.05, 3.63) is 23.3 Å². The van der Waals surface area contributed by atoms with Crippen molar-refractivity contribution < 1.29 is 34.4 Å². The van der Waals surface area contributed by atoms with Crippen molar-refractivity contribution in [2.24, 2.45) is 11.8 Å². The smallest absolute Gasteiger partial charge is 0.311 e. The van der Waals surface area contributed by atoms with E-state index in [0.29, 0.717) is 24.4 Å². The maximum absolute atomic E-state index is 11.8. The van der Waals surface area contributed by atoms with E-state index in [2.05, 4.69) is 4.98 Å². The molecule has 146 valence electrons. The quantitative estimate of drug-likeness (QED) is 0.391. The first-order valence-corrected chi connectivity index (χ1v) is 9.30. The summed E-state index contributed by atoms with van der Waals surface area (Å²) in [6, 6.07) is -1.01. The molecule has 1 aromatic heterocycles. The number of nitrogens with zero attached hydrogens (tertiary/aromatic N) is 4. The van der Waals surface area contributed by atoms with Crippen LogP contribution in [0.2, 0.25) is 0 Å². The summed E-state index contributed by atoms with van der Waals surface area (Å²) in [5.74, 6) is -4.74. The number of carboxylic acid groups (broad SMARTS) is 2. The molecule has 0 fully saturated rings. The molecule has 1 amide bonds. The van der Waals surface area contributed by atoms with Crippen LogP contribution in [0.3, 0.4) is 0 Å². The highest BCUT2D eigenvalue weighted by molar-refractivity contribution is 8.03. The Kier molecular flexibility index (Phi) is 5.24. The van der Waals surface area contributed by atoms with Crippen molar-refractivity contribution in [1.82, 2.24) is 14.6 Å². The summed E-state index contributed by atoms with van der Waals surface area (Å²) in [6.45, 7) is 4.19. The predicted octanol–water partition coefficient (Wildman–Crippen LogP) is -2.19. The molecule has 3 rings (SSSR count). The van der Waals surface area contributed by atoms with E-state index in [4.69, 9.17) is 0 Å². The average molecular weight is 396 g/mol. The second-order valence-electron chi connectivity index (χ2n) is 6.76. The number of aliphatic carboxylic acids is 2. The fraction of sp³-hybridized carbons (Fsp3) is 0.562. The van der Waals surface area contributed by atoms with Crippen LogP contribution in [-0.2, 0) is 27.5 Å². The molecule has 11 heteroatoms. The number of aliphatic hydroxyl groups is 1. The van der Waals surface area contributed by atoms with E-state index in [0.717, 1.165) is 4.90 Å². The molecule has 0 saturated carbocycles. The van der Waals surface area contributed by atoms with Crippen molar-refractivity contribution in [2.75, 3.05) is 0 Å². The zero-order chi connectivity index (χ0) is 19.9. The van der Waals surface area contributed by atoms with Gasteiger partial charge in [0.05, 0.1) is 35.6 Å². The second kappa shape index (κ2) is 7.31. The molecule has 10 nitrogen and oxygen atoms in total. The van der Waals surface area contributed by atoms with Crippen LogP contribution in [0, 0.1) is 11.8 Å². The van der Waals surface area contributed by atoms with E-state index >= 15 is 0 Å². The van der Waals surface area contributed by atoms with Crippen LogP contribution in [0.15, 0.2) is 23.3 Å². The van der Waals surface area contributed by atoms with Crippen LogP contribution in [-0.4, -0.2) is 60.5 Å². The minimum Gasteiger partial charge on any atom is -0.543 e. The summed E-state index contributed by atoms with van der Waals surface area (Å²) in [6.07, 6.45) is 2.37. The van der Waals surface area contributed by atoms with Crippen LogP contribution >= 0.6 is 11.8 Å².